The predicted octanol–water partition coefficient (Wildman–Crippen LogP) is 10.5. The van der Waals surface area contributed by atoms with Crippen LogP contribution in [0.5, 0.6) is 0 Å². The third kappa shape index (κ3) is 27.5. The molecule has 7 heteroatoms. The summed E-state index contributed by atoms with van der Waals surface area (Å²) in [6.45, 7) is 12.4. The van der Waals surface area contributed by atoms with E-state index in [0.717, 1.165) is 148 Å². The Hall–Kier alpha value is -1.63. The summed E-state index contributed by atoms with van der Waals surface area (Å²) < 4.78 is 17.5. The van der Waals surface area contributed by atoms with Crippen LogP contribution >= 0.6 is 0 Å². The van der Waals surface area contributed by atoms with Crippen LogP contribution in [0.25, 0.3) is 0 Å². The van der Waals surface area contributed by atoms with Gasteiger partial charge in [-0.15, -0.1) is 0 Å². The summed E-state index contributed by atoms with van der Waals surface area (Å²) in [6.07, 6.45) is 23.7. The molecule has 0 aromatic heterocycles. The highest BCUT2D eigenvalue weighted by molar-refractivity contribution is 5.70. The zero-order valence-electron chi connectivity index (χ0n) is 31.2. The lowest BCUT2D eigenvalue weighted by atomic mass is 10.0. The van der Waals surface area contributed by atoms with E-state index in [1.54, 1.807) is 0 Å². The summed E-state index contributed by atoms with van der Waals surface area (Å²) in [5, 5.41) is 0. The fraction of sp³-hybridized carbons (Fsp3) is 0.923. The number of unbranched alkanes of at least 4 members (excludes halogenated alkanes) is 10. The molecular formula is C39H75NO6. The molecule has 272 valence electrons. The normalized spacial score (nSPS) is 11.6. The molecule has 0 aliphatic rings. The van der Waals surface area contributed by atoms with E-state index in [1.807, 2.05) is 7.05 Å². The summed E-state index contributed by atoms with van der Waals surface area (Å²) in [5.41, 5.74) is 0. The van der Waals surface area contributed by atoms with E-state index in [9.17, 15) is 14.4 Å². The van der Waals surface area contributed by atoms with Crippen molar-refractivity contribution >= 4 is 17.9 Å². The maximum absolute atomic E-state index is 12.6. The van der Waals surface area contributed by atoms with Crippen molar-refractivity contribution in [3.05, 3.63) is 0 Å². The highest BCUT2D eigenvalue weighted by Crippen LogP contribution is 2.19. The van der Waals surface area contributed by atoms with Crippen LogP contribution in [0.3, 0.4) is 0 Å². The van der Waals surface area contributed by atoms with E-state index in [1.165, 1.54) is 0 Å². The van der Waals surface area contributed by atoms with Crippen molar-refractivity contribution in [2.24, 2.45) is 0 Å². The van der Waals surface area contributed by atoms with Crippen LogP contribution < -0.4 is 0 Å². The van der Waals surface area contributed by atoms with E-state index < -0.39 is 0 Å². The van der Waals surface area contributed by atoms with Gasteiger partial charge in [-0.1, -0.05) is 112 Å². The fourth-order valence-corrected chi connectivity index (χ4v) is 5.68. The molecule has 0 aromatic carbocycles. The Bertz CT molecular complexity index is 667. The molecule has 0 atom stereocenters. The van der Waals surface area contributed by atoms with Crippen molar-refractivity contribution in [3.63, 3.8) is 0 Å². The molecule has 0 saturated heterocycles. The van der Waals surface area contributed by atoms with Gasteiger partial charge in [-0.3, -0.25) is 14.4 Å². The van der Waals surface area contributed by atoms with Crippen LogP contribution in [0.4, 0.5) is 0 Å². The molecule has 0 radical (unpaired) electrons. The van der Waals surface area contributed by atoms with Gasteiger partial charge in [0.25, 0.3) is 0 Å². The minimum atomic E-state index is -0.114. The smallest absolute Gasteiger partial charge is 0.307 e. The molecule has 7 nitrogen and oxygen atoms in total. The average molecular weight is 654 g/mol. The molecule has 0 amide bonds. The molecule has 0 spiro atoms. The summed E-state index contributed by atoms with van der Waals surface area (Å²) in [5.74, 6) is -0.221. The van der Waals surface area contributed by atoms with Gasteiger partial charge in [0.15, 0.2) is 0 Å². The standard InChI is InChI=1S/C39H75NO6/c1-7-12-24-34(25-13-8-2)44-37(41)30-22-18-16-20-28-36(46-39(43)32-33-40(6)11-5)29-21-17-19-23-31-38(42)45-35(26-14-9-3)27-15-10-4/h34-36H,7-33H2,1-6H3. The summed E-state index contributed by atoms with van der Waals surface area (Å²) in [6, 6.07) is 0. The SMILES string of the molecule is CCCCC(CCCC)OC(=O)CCCCCCC(CCCCCCC(=O)OC(CCCC)CCCC)OC(=O)CCN(C)CC. The Kier molecular flexibility index (Phi) is 30.8. The van der Waals surface area contributed by atoms with Gasteiger partial charge >= 0.3 is 17.9 Å². The third-order valence-corrected chi connectivity index (χ3v) is 8.96. The van der Waals surface area contributed by atoms with Crippen molar-refractivity contribution < 1.29 is 28.6 Å². The maximum atomic E-state index is 12.6. The van der Waals surface area contributed by atoms with E-state index in [4.69, 9.17) is 14.2 Å². The molecule has 0 aromatic rings. The first-order valence-electron chi connectivity index (χ1n) is 19.6. The molecule has 0 aliphatic heterocycles. The minimum absolute atomic E-state index is 0.0536. The van der Waals surface area contributed by atoms with Crippen molar-refractivity contribution in [1.29, 1.82) is 0 Å². The van der Waals surface area contributed by atoms with Crippen molar-refractivity contribution in [1.82, 2.24) is 4.90 Å². The second-order valence-electron chi connectivity index (χ2n) is 13.5. The summed E-state index contributed by atoms with van der Waals surface area (Å²) in [7, 11) is 2.02. The second-order valence-corrected chi connectivity index (χ2v) is 13.5. The topological polar surface area (TPSA) is 82.1 Å². The number of hydrogen-bond donors (Lipinski definition) is 0. The van der Waals surface area contributed by atoms with Crippen LogP contribution in [-0.4, -0.2) is 61.3 Å². The lowest BCUT2D eigenvalue weighted by Gasteiger charge is -2.20. The van der Waals surface area contributed by atoms with Gasteiger partial charge in [0.2, 0.25) is 0 Å². The minimum Gasteiger partial charge on any atom is -0.462 e. The quantitative estimate of drug-likeness (QED) is 0.0396. The van der Waals surface area contributed by atoms with Crippen LogP contribution in [0.15, 0.2) is 0 Å². The van der Waals surface area contributed by atoms with Crippen molar-refractivity contribution in [3.8, 4) is 0 Å². The molecule has 0 aliphatic carbocycles. The largest absolute Gasteiger partial charge is 0.462 e. The van der Waals surface area contributed by atoms with Crippen LogP contribution in [-0.2, 0) is 28.6 Å². The average Bonchev–Trinajstić information content (AvgIpc) is 3.05. The number of carbonyl (C=O) groups excluding carboxylic acids is 3. The molecule has 46 heavy (non-hydrogen) atoms. The number of rotatable bonds is 33. The molecule has 0 fully saturated rings. The van der Waals surface area contributed by atoms with Gasteiger partial charge in [0, 0.05) is 19.4 Å². The monoisotopic (exact) mass is 654 g/mol. The Morgan fingerprint density at radius 1 is 0.435 bits per heavy atom. The molecule has 0 bridgehead atoms. The Balaban J connectivity index is 4.50. The number of ether oxygens (including phenoxy) is 3. The van der Waals surface area contributed by atoms with Gasteiger partial charge in [-0.2, -0.15) is 0 Å². The van der Waals surface area contributed by atoms with E-state index in [0.29, 0.717) is 25.8 Å². The highest BCUT2D eigenvalue weighted by Gasteiger charge is 2.17. The zero-order chi connectivity index (χ0) is 34.3. The van der Waals surface area contributed by atoms with Crippen molar-refractivity contribution in [2.75, 3.05) is 20.1 Å². The summed E-state index contributed by atoms with van der Waals surface area (Å²) >= 11 is 0. The first kappa shape index (κ1) is 44.4. The maximum Gasteiger partial charge on any atom is 0.307 e. The molecule has 0 heterocycles. The van der Waals surface area contributed by atoms with E-state index >= 15 is 0 Å². The number of hydrogen-bond acceptors (Lipinski definition) is 7. The number of nitrogens with zero attached hydrogens (tertiary/aromatic N) is 1. The first-order chi connectivity index (χ1) is 22.3. The van der Waals surface area contributed by atoms with E-state index in [-0.39, 0.29) is 36.2 Å². The second kappa shape index (κ2) is 31.9. The number of esters is 3. The van der Waals surface area contributed by atoms with Gasteiger partial charge in [0.05, 0.1) is 6.42 Å². The lowest BCUT2D eigenvalue weighted by molar-refractivity contribution is -0.151. The lowest BCUT2D eigenvalue weighted by Crippen LogP contribution is -2.25. The molecular weight excluding hydrogens is 578 g/mol. The molecule has 0 N–H and O–H groups in total. The Morgan fingerprint density at radius 2 is 0.739 bits per heavy atom. The first-order valence-corrected chi connectivity index (χ1v) is 19.6. The summed E-state index contributed by atoms with van der Waals surface area (Å²) in [4.78, 5) is 39.5. The molecule has 0 saturated carbocycles. The Morgan fingerprint density at radius 3 is 1.07 bits per heavy atom. The molecule has 0 rings (SSSR count). The van der Waals surface area contributed by atoms with Crippen LogP contribution in [0.2, 0.25) is 0 Å². The number of carbonyl (C=O) groups is 3. The zero-order valence-corrected chi connectivity index (χ0v) is 31.2. The van der Waals surface area contributed by atoms with Crippen LogP contribution in [0.1, 0.15) is 195 Å². The predicted molar refractivity (Wildman–Crippen MR) is 191 cm³/mol. The van der Waals surface area contributed by atoms with E-state index in [2.05, 4.69) is 39.5 Å². The van der Waals surface area contributed by atoms with Gasteiger partial charge in [0.1, 0.15) is 18.3 Å². The van der Waals surface area contributed by atoms with Gasteiger partial charge < -0.3 is 19.1 Å². The third-order valence-electron chi connectivity index (χ3n) is 8.96. The highest BCUT2D eigenvalue weighted by atomic mass is 16.6. The molecule has 0 unspecified atom stereocenters. The van der Waals surface area contributed by atoms with Crippen LogP contribution in [0, 0.1) is 0 Å². The van der Waals surface area contributed by atoms with Gasteiger partial charge in [-0.05, 0) is 77.8 Å². The fourth-order valence-electron chi connectivity index (χ4n) is 5.68. The van der Waals surface area contributed by atoms with Crippen molar-refractivity contribution in [2.45, 2.75) is 213 Å². The Labute approximate surface area is 284 Å². The van der Waals surface area contributed by atoms with Gasteiger partial charge in [-0.25, -0.2) is 0 Å².